The fraction of sp³-hybridized carbons (Fsp3) is 0.538. The maximum atomic E-state index is 10.3. The minimum Gasteiger partial charge on any atom is -0.506 e. The molecule has 1 aliphatic rings. The predicted octanol–water partition coefficient (Wildman–Crippen LogP) is 4.12. The lowest BCUT2D eigenvalue weighted by Gasteiger charge is -2.35. The monoisotopic (exact) mass is 448 g/mol. The van der Waals surface area contributed by atoms with Gasteiger partial charge in [0.2, 0.25) is 0 Å². The van der Waals surface area contributed by atoms with E-state index in [0.717, 1.165) is 47.1 Å². The molecule has 7 heteroatoms. The molecule has 0 saturated carbocycles. The van der Waals surface area contributed by atoms with Crippen molar-refractivity contribution in [3.8, 4) is 5.75 Å². The van der Waals surface area contributed by atoms with Crippen LogP contribution in [0.3, 0.4) is 0 Å². The first-order valence-electron chi connectivity index (χ1n) is 6.26. The maximum Gasteiger partial charge on any atom is 0.135 e. The van der Waals surface area contributed by atoms with Crippen LogP contribution in [0.1, 0.15) is 24.9 Å². The van der Waals surface area contributed by atoms with Crippen LogP contribution in [0.25, 0.3) is 0 Å². The van der Waals surface area contributed by atoms with Gasteiger partial charge in [0.1, 0.15) is 5.75 Å². The molecule has 116 valence electrons. The van der Waals surface area contributed by atoms with Gasteiger partial charge in [-0.05, 0) is 34.5 Å². The molecule has 3 nitrogen and oxygen atoms in total. The van der Waals surface area contributed by atoms with E-state index in [1.165, 1.54) is 0 Å². The highest BCUT2D eigenvalue weighted by atomic mass is 79.9. The van der Waals surface area contributed by atoms with Gasteiger partial charge in [-0.2, -0.15) is 0 Å². The molecular formula is C13H20Br2Cl2N2O. The summed E-state index contributed by atoms with van der Waals surface area (Å²) in [6.45, 7) is 6.25. The van der Waals surface area contributed by atoms with Gasteiger partial charge >= 0.3 is 0 Å². The van der Waals surface area contributed by atoms with Gasteiger partial charge in [-0.1, -0.05) is 22.9 Å². The van der Waals surface area contributed by atoms with E-state index < -0.39 is 0 Å². The Morgan fingerprint density at radius 3 is 2.30 bits per heavy atom. The highest BCUT2D eigenvalue weighted by Gasteiger charge is 2.25. The molecular weight excluding hydrogens is 431 g/mol. The zero-order valence-electron chi connectivity index (χ0n) is 11.2. The first kappa shape index (κ1) is 20.5. The topological polar surface area (TPSA) is 35.5 Å². The lowest BCUT2D eigenvalue weighted by molar-refractivity contribution is 0.166. The number of piperazine rings is 1. The Labute approximate surface area is 149 Å². The quantitative estimate of drug-likeness (QED) is 0.727. The third-order valence-electron chi connectivity index (χ3n) is 3.43. The van der Waals surface area contributed by atoms with E-state index in [2.05, 4.69) is 49.0 Å². The fourth-order valence-electron chi connectivity index (χ4n) is 2.51. The number of hydrogen-bond acceptors (Lipinski definition) is 3. The number of benzene rings is 1. The summed E-state index contributed by atoms with van der Waals surface area (Å²) in [5.74, 6) is 0.356. The van der Waals surface area contributed by atoms with E-state index in [9.17, 15) is 5.11 Å². The van der Waals surface area contributed by atoms with Crippen molar-refractivity contribution in [2.75, 3.05) is 26.2 Å². The van der Waals surface area contributed by atoms with Crippen LogP contribution in [0.5, 0.6) is 5.75 Å². The normalized spacial score (nSPS) is 16.9. The molecule has 0 spiro atoms. The van der Waals surface area contributed by atoms with Gasteiger partial charge in [-0.25, -0.2) is 0 Å². The number of halogens is 4. The standard InChI is InChI=1S/C13H18Br2N2O.2ClH/c1-2-11(17-7-5-16-6-8-17)12-9(14)3-4-10(15)13(12)18;;/h3-4,11,16,18H,2,5-8H2,1H3;2*1H/t11-;;/m0../s1. The minimum atomic E-state index is 0. The molecule has 1 aromatic carbocycles. The summed E-state index contributed by atoms with van der Waals surface area (Å²) in [5.41, 5.74) is 0.994. The summed E-state index contributed by atoms with van der Waals surface area (Å²) in [7, 11) is 0. The molecule has 20 heavy (non-hydrogen) atoms. The summed E-state index contributed by atoms with van der Waals surface area (Å²) in [5, 5.41) is 13.7. The molecule has 0 bridgehead atoms. The summed E-state index contributed by atoms with van der Waals surface area (Å²) in [6.07, 6.45) is 0.989. The second-order valence-corrected chi connectivity index (χ2v) is 6.21. The first-order valence-corrected chi connectivity index (χ1v) is 7.85. The minimum absolute atomic E-state index is 0. The zero-order valence-corrected chi connectivity index (χ0v) is 16.0. The van der Waals surface area contributed by atoms with E-state index in [1.807, 2.05) is 12.1 Å². The third kappa shape index (κ3) is 4.49. The first-order chi connectivity index (χ1) is 8.65. The Bertz CT molecular complexity index is 429. The van der Waals surface area contributed by atoms with Crippen molar-refractivity contribution in [3.05, 3.63) is 26.6 Å². The molecule has 1 aliphatic heterocycles. The summed E-state index contributed by atoms with van der Waals surface area (Å²) < 4.78 is 1.74. The second kappa shape index (κ2) is 9.49. The molecule has 1 fully saturated rings. The Kier molecular flexibility index (Phi) is 9.72. The van der Waals surface area contributed by atoms with Crippen molar-refractivity contribution in [1.82, 2.24) is 10.2 Å². The fourth-order valence-corrected chi connectivity index (χ4v) is 3.44. The van der Waals surface area contributed by atoms with Gasteiger partial charge in [0, 0.05) is 42.3 Å². The third-order valence-corrected chi connectivity index (χ3v) is 4.76. The van der Waals surface area contributed by atoms with Gasteiger partial charge in [0.05, 0.1) is 4.47 Å². The van der Waals surface area contributed by atoms with Crippen LogP contribution in [0.4, 0.5) is 0 Å². The molecule has 1 atom stereocenters. The van der Waals surface area contributed by atoms with E-state index >= 15 is 0 Å². The highest BCUT2D eigenvalue weighted by Crippen LogP contribution is 2.40. The number of nitrogens with zero attached hydrogens (tertiary/aromatic N) is 1. The van der Waals surface area contributed by atoms with Gasteiger partial charge in [0.25, 0.3) is 0 Å². The summed E-state index contributed by atoms with van der Waals surface area (Å²) in [4.78, 5) is 2.43. The Balaban J connectivity index is 0.00000180. The summed E-state index contributed by atoms with van der Waals surface area (Å²) >= 11 is 6.97. The van der Waals surface area contributed by atoms with Crippen LogP contribution in [0.15, 0.2) is 21.1 Å². The van der Waals surface area contributed by atoms with Gasteiger partial charge in [0.15, 0.2) is 0 Å². The number of rotatable bonds is 3. The Morgan fingerprint density at radius 2 is 1.75 bits per heavy atom. The average molecular weight is 451 g/mol. The van der Waals surface area contributed by atoms with Gasteiger partial charge < -0.3 is 10.4 Å². The van der Waals surface area contributed by atoms with Crippen molar-refractivity contribution < 1.29 is 5.11 Å². The van der Waals surface area contributed by atoms with E-state index in [4.69, 9.17) is 0 Å². The smallest absolute Gasteiger partial charge is 0.135 e. The van der Waals surface area contributed by atoms with Crippen molar-refractivity contribution in [1.29, 1.82) is 0 Å². The number of aromatic hydroxyl groups is 1. The zero-order chi connectivity index (χ0) is 13.1. The van der Waals surface area contributed by atoms with Gasteiger partial charge in [-0.15, -0.1) is 24.8 Å². The molecule has 1 aromatic rings. The van der Waals surface area contributed by atoms with Crippen LogP contribution in [-0.4, -0.2) is 36.2 Å². The van der Waals surface area contributed by atoms with Crippen molar-refractivity contribution in [2.45, 2.75) is 19.4 Å². The van der Waals surface area contributed by atoms with Crippen molar-refractivity contribution >= 4 is 56.7 Å². The van der Waals surface area contributed by atoms with Crippen LogP contribution in [0, 0.1) is 0 Å². The molecule has 0 amide bonds. The summed E-state index contributed by atoms with van der Waals surface area (Å²) in [6, 6.07) is 4.12. The van der Waals surface area contributed by atoms with E-state index in [1.54, 1.807) is 0 Å². The van der Waals surface area contributed by atoms with Crippen LogP contribution >= 0.6 is 56.7 Å². The van der Waals surface area contributed by atoms with E-state index in [0.29, 0.717) is 5.75 Å². The second-order valence-electron chi connectivity index (χ2n) is 4.50. The number of phenols is 1. The molecule has 1 saturated heterocycles. The lowest BCUT2D eigenvalue weighted by Crippen LogP contribution is -2.45. The van der Waals surface area contributed by atoms with E-state index in [-0.39, 0.29) is 30.9 Å². The van der Waals surface area contributed by atoms with Crippen molar-refractivity contribution in [2.24, 2.45) is 0 Å². The average Bonchev–Trinajstić information content (AvgIpc) is 2.40. The largest absolute Gasteiger partial charge is 0.506 e. The van der Waals surface area contributed by atoms with Crippen LogP contribution in [-0.2, 0) is 0 Å². The van der Waals surface area contributed by atoms with Gasteiger partial charge in [-0.3, -0.25) is 4.90 Å². The molecule has 2 N–H and O–H groups in total. The maximum absolute atomic E-state index is 10.3. The lowest BCUT2D eigenvalue weighted by atomic mass is 10.0. The highest BCUT2D eigenvalue weighted by molar-refractivity contribution is 9.11. The molecule has 2 rings (SSSR count). The Morgan fingerprint density at radius 1 is 1.20 bits per heavy atom. The van der Waals surface area contributed by atoms with Crippen LogP contribution < -0.4 is 5.32 Å². The number of phenolic OH excluding ortho intramolecular Hbond substituents is 1. The number of hydrogen-bond donors (Lipinski definition) is 2. The number of nitrogens with one attached hydrogen (secondary N) is 1. The molecule has 0 aliphatic carbocycles. The molecule has 1 heterocycles. The SMILES string of the molecule is CC[C@@H](c1c(Br)ccc(Br)c1O)N1CCNCC1.Cl.Cl. The van der Waals surface area contributed by atoms with Crippen molar-refractivity contribution in [3.63, 3.8) is 0 Å². The molecule has 0 unspecified atom stereocenters. The molecule has 0 radical (unpaired) electrons. The Hall–Kier alpha value is 0.480. The van der Waals surface area contributed by atoms with Crippen LogP contribution in [0.2, 0.25) is 0 Å². The molecule has 0 aromatic heterocycles. The predicted molar refractivity (Wildman–Crippen MR) is 95.5 cm³/mol.